The predicted molar refractivity (Wildman–Crippen MR) is 112 cm³/mol. The van der Waals surface area contributed by atoms with Gasteiger partial charge in [0.15, 0.2) is 0 Å². The molecule has 2 aromatic carbocycles. The normalized spacial score (nSPS) is 22.9. The van der Waals surface area contributed by atoms with Gasteiger partial charge in [-0.25, -0.2) is 9.18 Å². The molecule has 0 bridgehead atoms. The van der Waals surface area contributed by atoms with Gasteiger partial charge in [-0.2, -0.15) is 0 Å². The number of amides is 1. The maximum atomic E-state index is 14.4. The van der Waals surface area contributed by atoms with Crippen LogP contribution in [0.3, 0.4) is 0 Å². The number of aryl methyl sites for hydroxylation is 1. The number of rotatable bonds is 5. The highest BCUT2D eigenvalue weighted by atomic mass is 19.1. The molecule has 1 aliphatic carbocycles. The van der Waals surface area contributed by atoms with Crippen LogP contribution in [0.15, 0.2) is 36.4 Å². The fourth-order valence-electron chi connectivity index (χ4n) is 4.55. The fraction of sp³-hybridized carbons (Fsp3) is 0.417. The van der Waals surface area contributed by atoms with Gasteiger partial charge in [0.05, 0.1) is 18.8 Å². The number of aliphatic hydroxyl groups is 1. The van der Waals surface area contributed by atoms with Crippen molar-refractivity contribution in [2.45, 2.75) is 45.6 Å². The minimum absolute atomic E-state index is 0.00815. The lowest BCUT2D eigenvalue weighted by Gasteiger charge is -2.42. The van der Waals surface area contributed by atoms with Crippen molar-refractivity contribution in [1.29, 1.82) is 0 Å². The van der Waals surface area contributed by atoms with Crippen LogP contribution in [-0.2, 0) is 4.74 Å². The van der Waals surface area contributed by atoms with Crippen molar-refractivity contribution < 1.29 is 23.8 Å². The molecule has 6 heteroatoms. The van der Waals surface area contributed by atoms with Crippen LogP contribution in [0, 0.1) is 18.7 Å². The second kappa shape index (κ2) is 8.96. The summed E-state index contributed by atoms with van der Waals surface area (Å²) in [6, 6.07) is 9.58. The molecular formula is C24H28FNO4. The Morgan fingerprint density at radius 1 is 1.20 bits per heavy atom. The van der Waals surface area contributed by atoms with Crippen LogP contribution in [-0.4, -0.2) is 36.2 Å². The predicted octanol–water partition coefficient (Wildman–Crippen LogP) is 3.94. The van der Waals surface area contributed by atoms with E-state index < -0.39 is 17.7 Å². The molecule has 30 heavy (non-hydrogen) atoms. The van der Waals surface area contributed by atoms with Crippen molar-refractivity contribution in [2.24, 2.45) is 5.92 Å². The number of halogens is 1. The van der Waals surface area contributed by atoms with E-state index in [-0.39, 0.29) is 48.1 Å². The zero-order valence-electron chi connectivity index (χ0n) is 17.7. The third kappa shape index (κ3) is 3.97. The third-order valence-electron chi connectivity index (χ3n) is 6.18. The van der Waals surface area contributed by atoms with Crippen molar-refractivity contribution >= 4 is 11.9 Å². The van der Waals surface area contributed by atoms with E-state index in [2.05, 4.69) is 12.2 Å². The molecule has 0 aromatic heterocycles. The molecule has 0 spiro atoms. The van der Waals surface area contributed by atoms with Gasteiger partial charge in [-0.3, -0.25) is 4.79 Å². The van der Waals surface area contributed by atoms with Crippen LogP contribution in [0.2, 0.25) is 0 Å². The van der Waals surface area contributed by atoms with Crippen LogP contribution in [0.25, 0.3) is 0 Å². The van der Waals surface area contributed by atoms with Gasteiger partial charge in [0.2, 0.25) is 0 Å². The molecule has 0 radical (unpaired) electrons. The van der Waals surface area contributed by atoms with Gasteiger partial charge in [-0.1, -0.05) is 32.0 Å². The van der Waals surface area contributed by atoms with E-state index in [4.69, 9.17) is 4.74 Å². The molecule has 0 aliphatic heterocycles. The summed E-state index contributed by atoms with van der Waals surface area (Å²) in [5.74, 6) is -2.03. The second-order valence-electron chi connectivity index (χ2n) is 7.93. The summed E-state index contributed by atoms with van der Waals surface area (Å²) in [4.78, 5) is 24.7. The summed E-state index contributed by atoms with van der Waals surface area (Å²) in [5.41, 5.74) is 3.33. The largest absolute Gasteiger partial charge is 0.462 e. The highest BCUT2D eigenvalue weighted by Gasteiger charge is 2.39. The lowest BCUT2D eigenvalue weighted by atomic mass is 9.67. The first-order chi connectivity index (χ1) is 14.3. The van der Waals surface area contributed by atoms with Gasteiger partial charge < -0.3 is 15.2 Å². The highest BCUT2D eigenvalue weighted by Crippen LogP contribution is 2.43. The third-order valence-corrected chi connectivity index (χ3v) is 6.18. The van der Waals surface area contributed by atoms with Crippen molar-refractivity contribution in [3.8, 4) is 0 Å². The summed E-state index contributed by atoms with van der Waals surface area (Å²) in [6.07, 6.45) is 0. The lowest BCUT2D eigenvalue weighted by Crippen LogP contribution is -2.48. The number of hydrogen-bond donors (Lipinski definition) is 2. The molecule has 160 valence electrons. The smallest absolute Gasteiger partial charge is 0.341 e. The van der Waals surface area contributed by atoms with Gasteiger partial charge in [0.1, 0.15) is 5.82 Å². The Hall–Kier alpha value is -2.73. The molecule has 0 saturated carbocycles. The molecule has 1 aliphatic rings. The van der Waals surface area contributed by atoms with Crippen LogP contribution in [0.4, 0.5) is 4.39 Å². The average molecular weight is 413 g/mol. The Morgan fingerprint density at radius 2 is 1.93 bits per heavy atom. The van der Waals surface area contributed by atoms with E-state index in [1.54, 1.807) is 6.92 Å². The fourth-order valence-corrected chi connectivity index (χ4v) is 4.55. The van der Waals surface area contributed by atoms with Gasteiger partial charge in [-0.15, -0.1) is 0 Å². The number of benzene rings is 2. The number of esters is 1. The molecule has 0 saturated heterocycles. The summed E-state index contributed by atoms with van der Waals surface area (Å²) in [7, 11) is 0. The van der Waals surface area contributed by atoms with Crippen molar-refractivity contribution in [3.63, 3.8) is 0 Å². The standard InChI is InChI=1S/C24H28FNO4/c1-5-30-24(29)18-10-9-16(11-20(18)25)23(28)26-22-14(3)17-8-6-7-13(2)21(17)19(12-27)15(22)4/h6-11,14-15,19,22,27H,5,12H2,1-4H3,(H,26,28). The molecule has 2 N–H and O–H groups in total. The molecule has 2 aromatic rings. The van der Waals surface area contributed by atoms with Crippen LogP contribution < -0.4 is 5.32 Å². The van der Waals surface area contributed by atoms with E-state index >= 15 is 0 Å². The monoisotopic (exact) mass is 413 g/mol. The lowest BCUT2D eigenvalue weighted by molar-refractivity contribution is 0.0520. The Bertz CT molecular complexity index is 958. The number of nitrogens with one attached hydrogen (secondary N) is 1. The van der Waals surface area contributed by atoms with Gasteiger partial charge >= 0.3 is 5.97 Å². The zero-order chi connectivity index (χ0) is 22.0. The summed E-state index contributed by atoms with van der Waals surface area (Å²) in [6.45, 7) is 7.88. The maximum absolute atomic E-state index is 14.4. The molecule has 4 atom stereocenters. The zero-order valence-corrected chi connectivity index (χ0v) is 17.7. The SMILES string of the molecule is CCOC(=O)c1ccc(C(=O)NC2C(C)c3cccc(C)c3C(CO)C2C)cc1F. The number of hydrogen-bond acceptors (Lipinski definition) is 4. The molecule has 0 heterocycles. The Morgan fingerprint density at radius 3 is 2.57 bits per heavy atom. The highest BCUT2D eigenvalue weighted by molar-refractivity contribution is 5.96. The number of carbonyl (C=O) groups is 2. The minimum Gasteiger partial charge on any atom is -0.462 e. The Balaban J connectivity index is 1.86. The summed E-state index contributed by atoms with van der Waals surface area (Å²) >= 11 is 0. The summed E-state index contributed by atoms with van der Waals surface area (Å²) in [5, 5.41) is 13.1. The van der Waals surface area contributed by atoms with Crippen molar-refractivity contribution in [2.75, 3.05) is 13.2 Å². The average Bonchev–Trinajstić information content (AvgIpc) is 2.72. The molecule has 3 rings (SSSR count). The van der Waals surface area contributed by atoms with Gasteiger partial charge in [-0.05, 0) is 54.7 Å². The first kappa shape index (κ1) is 22.0. The first-order valence-corrected chi connectivity index (χ1v) is 10.3. The number of aliphatic hydroxyl groups excluding tert-OH is 1. The first-order valence-electron chi connectivity index (χ1n) is 10.3. The van der Waals surface area contributed by atoms with E-state index in [1.165, 1.54) is 12.1 Å². The number of ether oxygens (including phenoxy) is 1. The number of fused-ring (bicyclic) bond motifs is 1. The second-order valence-corrected chi connectivity index (χ2v) is 7.93. The van der Waals surface area contributed by atoms with Crippen molar-refractivity contribution in [3.05, 3.63) is 70.0 Å². The summed E-state index contributed by atoms with van der Waals surface area (Å²) < 4.78 is 19.2. The Labute approximate surface area is 176 Å². The van der Waals surface area contributed by atoms with E-state index in [1.807, 2.05) is 32.0 Å². The molecule has 4 unspecified atom stereocenters. The van der Waals surface area contributed by atoms with Gasteiger partial charge in [0.25, 0.3) is 5.91 Å². The van der Waals surface area contributed by atoms with Crippen LogP contribution in [0.5, 0.6) is 0 Å². The van der Waals surface area contributed by atoms with Crippen LogP contribution >= 0.6 is 0 Å². The quantitative estimate of drug-likeness (QED) is 0.728. The van der Waals surface area contributed by atoms with E-state index in [0.29, 0.717) is 0 Å². The van der Waals surface area contributed by atoms with Crippen LogP contribution in [0.1, 0.15) is 70.0 Å². The molecular weight excluding hydrogens is 385 g/mol. The number of carbonyl (C=O) groups excluding carboxylic acids is 2. The van der Waals surface area contributed by atoms with E-state index in [9.17, 15) is 19.1 Å². The van der Waals surface area contributed by atoms with E-state index in [0.717, 1.165) is 22.8 Å². The molecule has 1 amide bonds. The maximum Gasteiger partial charge on any atom is 0.341 e. The van der Waals surface area contributed by atoms with Gasteiger partial charge in [0, 0.05) is 23.4 Å². The topological polar surface area (TPSA) is 75.6 Å². The van der Waals surface area contributed by atoms with Crippen molar-refractivity contribution in [1.82, 2.24) is 5.32 Å². The molecule has 0 fully saturated rings. The Kier molecular flexibility index (Phi) is 6.56. The minimum atomic E-state index is -0.792. The molecule has 5 nitrogen and oxygen atoms in total.